The quantitative estimate of drug-likeness (QED) is 0.0926. The first-order valence-electron chi connectivity index (χ1n) is 19.1. The fourth-order valence-electron chi connectivity index (χ4n) is 6.80. The highest BCUT2D eigenvalue weighted by Crippen LogP contribution is 2.41. The van der Waals surface area contributed by atoms with Crippen LogP contribution in [-0.4, -0.2) is 89.0 Å². The number of carbonyl (C=O) groups excluding carboxylic acids is 4. The van der Waals surface area contributed by atoms with Gasteiger partial charge >= 0.3 is 25.3 Å². The molecule has 2 heterocycles. The minimum absolute atomic E-state index is 0.00190. The molecule has 1 unspecified atom stereocenters. The second-order valence-electron chi connectivity index (χ2n) is 16.9. The maximum Gasteiger partial charge on any atom is 0.457 e. The molecule has 2 aromatic rings. The van der Waals surface area contributed by atoms with E-state index >= 15 is 0 Å². The maximum atomic E-state index is 14.5. The van der Waals surface area contributed by atoms with E-state index in [0.29, 0.717) is 19.2 Å². The Hall–Kier alpha value is -4.10. The van der Waals surface area contributed by atoms with Gasteiger partial charge in [0, 0.05) is 20.0 Å². The first kappa shape index (κ1) is 42.6. The van der Waals surface area contributed by atoms with E-state index in [0.717, 1.165) is 11.1 Å². The van der Waals surface area contributed by atoms with Crippen molar-refractivity contribution in [2.45, 2.75) is 142 Å². The van der Waals surface area contributed by atoms with E-state index in [-0.39, 0.29) is 44.4 Å². The molecule has 2 saturated heterocycles. The number of hydrogen-bond donors (Lipinski definition) is 1. The van der Waals surface area contributed by atoms with Crippen molar-refractivity contribution in [3.05, 3.63) is 71.8 Å². The van der Waals surface area contributed by atoms with Crippen molar-refractivity contribution < 1.29 is 42.7 Å². The summed E-state index contributed by atoms with van der Waals surface area (Å²) in [6, 6.07) is 17.1. The zero-order valence-electron chi connectivity index (χ0n) is 33.8. The lowest BCUT2D eigenvalue weighted by molar-refractivity contribution is -0.158. The summed E-state index contributed by atoms with van der Waals surface area (Å²) in [7, 11) is 1.23. The van der Waals surface area contributed by atoms with E-state index < -0.39 is 59.7 Å². The van der Waals surface area contributed by atoms with Crippen molar-refractivity contribution in [2.24, 2.45) is 5.92 Å². The Kier molecular flexibility index (Phi) is 13.9. The predicted octanol–water partition coefficient (Wildman–Crippen LogP) is 7.15. The summed E-state index contributed by atoms with van der Waals surface area (Å²) in [6.45, 7) is 17.0. The highest BCUT2D eigenvalue weighted by Gasteiger charge is 2.57. The van der Waals surface area contributed by atoms with Crippen molar-refractivity contribution in [2.75, 3.05) is 13.6 Å². The number of rotatable bonds is 14. The number of esters is 1. The number of benzene rings is 2. The van der Waals surface area contributed by atoms with Gasteiger partial charge in [-0.2, -0.15) is 0 Å². The average molecular weight is 750 g/mol. The van der Waals surface area contributed by atoms with Gasteiger partial charge in [-0.15, -0.1) is 0 Å². The van der Waals surface area contributed by atoms with Crippen LogP contribution in [-0.2, 0) is 46.3 Å². The second-order valence-corrected chi connectivity index (χ2v) is 16.9. The number of hydrogen-bond acceptors (Lipinski definition) is 9. The number of alkyl carbamates (subject to hydrolysis) is 1. The third-order valence-corrected chi connectivity index (χ3v) is 10.6. The second kappa shape index (κ2) is 17.6. The first-order chi connectivity index (χ1) is 25.2. The Morgan fingerprint density at radius 1 is 0.889 bits per heavy atom. The Bertz CT molecular complexity index is 1570. The van der Waals surface area contributed by atoms with Crippen LogP contribution in [0.3, 0.4) is 0 Å². The minimum atomic E-state index is -1.45. The summed E-state index contributed by atoms with van der Waals surface area (Å²) in [6.07, 6.45) is 0.741. The number of nitrogens with zero attached hydrogens (tertiary/aromatic N) is 2. The molecule has 0 spiro atoms. The number of ether oxygens (including phenoxy) is 3. The molecule has 4 rings (SSSR count). The highest BCUT2D eigenvalue weighted by molar-refractivity contribution is 6.45. The Morgan fingerprint density at radius 2 is 1.43 bits per heavy atom. The van der Waals surface area contributed by atoms with Crippen LogP contribution in [0.2, 0.25) is 6.32 Å². The number of unbranched alkanes of at least 4 members (excludes halogenated alkanes) is 1. The number of likely N-dealkylation sites (N-methyl/N-ethyl adjacent to an activating group) is 1. The lowest BCUT2D eigenvalue weighted by atomic mass is 9.80. The van der Waals surface area contributed by atoms with Gasteiger partial charge in [0.05, 0.1) is 17.2 Å². The van der Waals surface area contributed by atoms with E-state index in [1.54, 1.807) is 27.8 Å². The zero-order chi connectivity index (χ0) is 39.9. The molecule has 13 heteroatoms. The summed E-state index contributed by atoms with van der Waals surface area (Å²) < 4.78 is 29.7. The Balaban J connectivity index is 1.62. The van der Waals surface area contributed by atoms with Gasteiger partial charge in [0.25, 0.3) is 0 Å². The topological polar surface area (TPSA) is 133 Å². The Labute approximate surface area is 321 Å². The van der Waals surface area contributed by atoms with Gasteiger partial charge in [-0.3, -0.25) is 9.69 Å². The molecule has 0 aromatic heterocycles. The normalized spacial score (nSPS) is 21.1. The average Bonchev–Trinajstić information content (AvgIpc) is 3.59. The molecule has 2 aliphatic rings. The third kappa shape index (κ3) is 10.8. The van der Waals surface area contributed by atoms with Gasteiger partial charge < -0.3 is 33.7 Å². The predicted molar refractivity (Wildman–Crippen MR) is 206 cm³/mol. The molecule has 54 heavy (non-hydrogen) atoms. The zero-order valence-corrected chi connectivity index (χ0v) is 33.8. The molecule has 12 nitrogen and oxygen atoms in total. The van der Waals surface area contributed by atoms with Crippen LogP contribution in [0.5, 0.6) is 0 Å². The lowest BCUT2D eigenvalue weighted by Gasteiger charge is -2.35. The van der Waals surface area contributed by atoms with Gasteiger partial charge in [-0.1, -0.05) is 87.4 Å². The Morgan fingerprint density at radius 3 is 1.94 bits per heavy atom. The number of amides is 3. The van der Waals surface area contributed by atoms with Crippen LogP contribution in [0.15, 0.2) is 60.7 Å². The van der Waals surface area contributed by atoms with Crippen LogP contribution < -0.4 is 5.32 Å². The van der Waals surface area contributed by atoms with Crippen LogP contribution in [0.25, 0.3) is 0 Å². The molecule has 2 aliphatic heterocycles. The summed E-state index contributed by atoms with van der Waals surface area (Å²) in [4.78, 5) is 58.5. The minimum Gasteiger partial charge on any atom is -0.459 e. The largest absolute Gasteiger partial charge is 0.459 e. The lowest BCUT2D eigenvalue weighted by Crippen LogP contribution is -2.54. The van der Waals surface area contributed by atoms with E-state index in [4.69, 9.17) is 23.5 Å². The molecule has 296 valence electrons. The SMILES string of the molecule is CC(C)[C@H](NC(=O)OC(C)(C)C)C(=O)N(C)[C@H]1CN(C(=O)OCc2ccccc2)C(CCCCB2OC(C)(C)C(C)(C)O2)(C(=O)OCc2ccccc2)C1. The van der Waals surface area contributed by atoms with Gasteiger partial charge in [-0.25, -0.2) is 14.4 Å². The van der Waals surface area contributed by atoms with Crippen LogP contribution >= 0.6 is 0 Å². The summed E-state index contributed by atoms with van der Waals surface area (Å²) in [5.74, 6) is -1.22. The van der Waals surface area contributed by atoms with Crippen molar-refractivity contribution in [1.29, 1.82) is 0 Å². The van der Waals surface area contributed by atoms with E-state index in [9.17, 15) is 19.2 Å². The molecule has 0 saturated carbocycles. The molecular weight excluding hydrogens is 689 g/mol. The van der Waals surface area contributed by atoms with Crippen molar-refractivity contribution >= 4 is 31.2 Å². The summed E-state index contributed by atoms with van der Waals surface area (Å²) >= 11 is 0. The molecule has 0 aliphatic carbocycles. The van der Waals surface area contributed by atoms with Crippen molar-refractivity contribution in [3.8, 4) is 0 Å². The van der Waals surface area contributed by atoms with Gasteiger partial charge in [0.15, 0.2) is 0 Å². The van der Waals surface area contributed by atoms with Gasteiger partial charge in [0.1, 0.15) is 30.4 Å². The first-order valence-corrected chi connectivity index (χ1v) is 19.1. The molecular formula is C41H60BN3O9. The van der Waals surface area contributed by atoms with Crippen LogP contribution in [0.1, 0.15) is 99.1 Å². The number of likely N-dealkylation sites (tertiary alicyclic amines) is 1. The molecule has 2 aromatic carbocycles. The molecule has 2 fully saturated rings. The third-order valence-electron chi connectivity index (χ3n) is 10.6. The van der Waals surface area contributed by atoms with Crippen molar-refractivity contribution in [3.63, 3.8) is 0 Å². The standard InChI is InChI=1S/C41H60BN3O9/c1-29(2)33(43-36(48)52-38(3,4)5)34(46)44(10)32-25-41(35(47)50-27-30-19-13-11-14-20-30,23-17-18-24-42-53-39(6,7)40(8,9)54-42)45(26-32)37(49)51-28-31-21-15-12-16-22-31/h11-16,19-22,29,32-33H,17-18,23-28H2,1-10H3,(H,43,48)/t32-,33+,41?/m1/s1. The maximum absolute atomic E-state index is 14.5. The van der Waals surface area contributed by atoms with Crippen LogP contribution in [0.4, 0.5) is 9.59 Å². The summed E-state index contributed by atoms with van der Waals surface area (Å²) in [5, 5.41) is 2.74. The van der Waals surface area contributed by atoms with E-state index in [1.807, 2.05) is 102 Å². The number of nitrogens with one attached hydrogen (secondary N) is 1. The van der Waals surface area contributed by atoms with E-state index in [2.05, 4.69) is 5.32 Å². The molecule has 3 amide bonds. The monoisotopic (exact) mass is 749 g/mol. The molecule has 3 atom stereocenters. The fraction of sp³-hybridized carbons (Fsp3) is 0.610. The number of carbonyl (C=O) groups is 4. The van der Waals surface area contributed by atoms with Crippen molar-refractivity contribution in [1.82, 2.24) is 15.1 Å². The highest BCUT2D eigenvalue weighted by atomic mass is 16.7. The van der Waals surface area contributed by atoms with E-state index in [1.165, 1.54) is 9.80 Å². The molecule has 0 radical (unpaired) electrons. The smallest absolute Gasteiger partial charge is 0.457 e. The fourth-order valence-corrected chi connectivity index (χ4v) is 6.80. The van der Waals surface area contributed by atoms with Gasteiger partial charge in [-0.05, 0) is 78.3 Å². The summed E-state index contributed by atoms with van der Waals surface area (Å²) in [5.41, 5.74) is -1.56. The molecule has 1 N–H and O–H groups in total. The van der Waals surface area contributed by atoms with Gasteiger partial charge in [0.2, 0.25) is 5.91 Å². The van der Waals surface area contributed by atoms with Crippen LogP contribution in [0, 0.1) is 5.92 Å². The molecule has 0 bridgehead atoms.